The van der Waals surface area contributed by atoms with Crippen LogP contribution in [0, 0.1) is 5.82 Å². The van der Waals surface area contributed by atoms with E-state index in [1.807, 2.05) is 0 Å². The summed E-state index contributed by atoms with van der Waals surface area (Å²) < 4.78 is 31.4. The highest BCUT2D eigenvalue weighted by Gasteiger charge is 2.12. The number of rotatable bonds is 4. The molecule has 0 radical (unpaired) electrons. The third-order valence-electron chi connectivity index (χ3n) is 2.64. The zero-order valence-electron chi connectivity index (χ0n) is 11.4. The lowest BCUT2D eigenvalue weighted by Crippen LogP contribution is -2.06. The summed E-state index contributed by atoms with van der Waals surface area (Å²) in [5, 5.41) is 7.70. The second kappa shape index (κ2) is 5.98. The summed E-state index contributed by atoms with van der Waals surface area (Å²) in [6.07, 6.45) is 4.34. The van der Waals surface area contributed by atoms with Gasteiger partial charge in [-0.05, 0) is 24.3 Å². The van der Waals surface area contributed by atoms with E-state index in [0.29, 0.717) is 5.75 Å². The van der Waals surface area contributed by atoms with Crippen LogP contribution in [0.1, 0.15) is 0 Å². The average molecular weight is 319 g/mol. The van der Waals surface area contributed by atoms with E-state index in [0.717, 1.165) is 0 Å². The molecule has 3 aromatic rings. The topological polar surface area (TPSA) is 82.8 Å². The molecule has 0 N–H and O–H groups in total. The lowest BCUT2D eigenvalue weighted by molar-refractivity contribution is 0.458. The van der Waals surface area contributed by atoms with E-state index in [1.165, 1.54) is 47.6 Å². The van der Waals surface area contributed by atoms with E-state index < -0.39 is 10.8 Å². The van der Waals surface area contributed by atoms with Crippen molar-refractivity contribution in [1.29, 1.82) is 0 Å². The Bertz CT molecular complexity index is 821. The zero-order valence-corrected chi connectivity index (χ0v) is 12.2. The van der Waals surface area contributed by atoms with Gasteiger partial charge >= 0.3 is 0 Å². The second-order valence-electron chi connectivity index (χ2n) is 4.19. The number of hydrogen-bond acceptors (Lipinski definition) is 6. The van der Waals surface area contributed by atoms with Gasteiger partial charge < -0.3 is 4.74 Å². The van der Waals surface area contributed by atoms with Crippen LogP contribution in [-0.4, -0.2) is 35.2 Å². The van der Waals surface area contributed by atoms with Crippen molar-refractivity contribution in [3.05, 3.63) is 48.7 Å². The normalized spacial score (nSPS) is 12.1. The Morgan fingerprint density at radius 3 is 2.73 bits per heavy atom. The first-order chi connectivity index (χ1) is 10.6. The van der Waals surface area contributed by atoms with E-state index in [4.69, 9.17) is 4.74 Å². The van der Waals surface area contributed by atoms with E-state index in [9.17, 15) is 8.60 Å². The third-order valence-corrected chi connectivity index (χ3v) is 3.43. The Morgan fingerprint density at radius 1 is 1.23 bits per heavy atom. The maximum Gasteiger partial charge on any atom is 0.240 e. The van der Waals surface area contributed by atoms with Crippen molar-refractivity contribution in [2.24, 2.45) is 0 Å². The van der Waals surface area contributed by atoms with Gasteiger partial charge in [0, 0.05) is 18.5 Å². The standard InChI is InChI=1S/C13H10FN5O2S/c1-22(20)13-18-16-8-19(13)12-15-7-6-11(17-12)21-10-4-2-9(14)3-5-10/h2-8H,1H3/t22-/m0/s1. The summed E-state index contributed by atoms with van der Waals surface area (Å²) in [5.74, 6) is 0.581. The third kappa shape index (κ3) is 2.98. The van der Waals surface area contributed by atoms with Crippen molar-refractivity contribution in [3.8, 4) is 17.6 Å². The van der Waals surface area contributed by atoms with Gasteiger partial charge in [0.1, 0.15) is 17.9 Å². The van der Waals surface area contributed by atoms with Crippen LogP contribution in [0.4, 0.5) is 4.39 Å². The minimum atomic E-state index is -1.33. The van der Waals surface area contributed by atoms with E-state index in [2.05, 4.69) is 20.2 Å². The molecule has 0 spiro atoms. The van der Waals surface area contributed by atoms with Gasteiger partial charge in [-0.15, -0.1) is 10.2 Å². The van der Waals surface area contributed by atoms with Gasteiger partial charge in [0.25, 0.3) is 0 Å². The maximum absolute atomic E-state index is 12.9. The Morgan fingerprint density at radius 2 is 2.00 bits per heavy atom. The van der Waals surface area contributed by atoms with Crippen LogP contribution in [0.5, 0.6) is 11.6 Å². The van der Waals surface area contributed by atoms with E-state index >= 15 is 0 Å². The largest absolute Gasteiger partial charge is 0.439 e. The molecule has 7 nitrogen and oxygen atoms in total. The predicted octanol–water partition coefficient (Wildman–Crippen LogP) is 1.73. The van der Waals surface area contributed by atoms with Crippen LogP contribution >= 0.6 is 0 Å². The maximum atomic E-state index is 12.9. The molecule has 0 aliphatic rings. The molecule has 9 heteroatoms. The van der Waals surface area contributed by atoms with Crippen molar-refractivity contribution in [2.45, 2.75) is 5.16 Å². The van der Waals surface area contributed by atoms with Crippen molar-refractivity contribution in [3.63, 3.8) is 0 Å². The number of benzene rings is 1. The van der Waals surface area contributed by atoms with Crippen LogP contribution in [0.25, 0.3) is 5.95 Å². The monoisotopic (exact) mass is 319 g/mol. The fraction of sp³-hybridized carbons (Fsp3) is 0.0769. The molecule has 2 aromatic heterocycles. The molecule has 22 heavy (non-hydrogen) atoms. The van der Waals surface area contributed by atoms with Gasteiger partial charge in [-0.3, -0.25) is 4.21 Å². The Hall–Kier alpha value is -2.68. The second-order valence-corrected chi connectivity index (χ2v) is 5.46. The summed E-state index contributed by atoms with van der Waals surface area (Å²) in [6, 6.07) is 7.11. The summed E-state index contributed by atoms with van der Waals surface area (Å²) in [6.45, 7) is 0. The SMILES string of the molecule is C[S@](=O)c1nncn1-c1nccc(Oc2ccc(F)cc2)n1. The average Bonchev–Trinajstić information content (AvgIpc) is 3.00. The highest BCUT2D eigenvalue weighted by Crippen LogP contribution is 2.20. The fourth-order valence-electron chi connectivity index (χ4n) is 1.69. The number of ether oxygens (including phenoxy) is 1. The molecule has 112 valence electrons. The molecule has 1 atom stereocenters. The molecular weight excluding hydrogens is 309 g/mol. The molecule has 0 fully saturated rings. The van der Waals surface area contributed by atoms with Gasteiger partial charge in [-0.1, -0.05) is 0 Å². The molecule has 0 amide bonds. The number of halogens is 1. The van der Waals surface area contributed by atoms with Crippen molar-refractivity contribution in [2.75, 3.05) is 6.26 Å². The van der Waals surface area contributed by atoms with Crippen molar-refractivity contribution >= 4 is 10.8 Å². The molecule has 0 aliphatic carbocycles. The fourth-order valence-corrected chi connectivity index (χ4v) is 2.25. The van der Waals surface area contributed by atoms with Gasteiger partial charge in [0.05, 0.1) is 10.8 Å². The molecule has 0 unspecified atom stereocenters. The molecule has 3 rings (SSSR count). The Balaban J connectivity index is 1.91. The Kier molecular flexibility index (Phi) is 3.88. The lowest BCUT2D eigenvalue weighted by Gasteiger charge is -2.07. The minimum Gasteiger partial charge on any atom is -0.439 e. The van der Waals surface area contributed by atoms with Crippen LogP contribution in [0.3, 0.4) is 0 Å². The van der Waals surface area contributed by atoms with E-state index in [-0.39, 0.29) is 22.8 Å². The highest BCUT2D eigenvalue weighted by atomic mass is 32.2. The quantitative estimate of drug-likeness (QED) is 0.728. The molecular formula is C13H10FN5O2S. The lowest BCUT2D eigenvalue weighted by atomic mass is 10.3. The molecule has 0 saturated heterocycles. The number of hydrogen-bond donors (Lipinski definition) is 0. The van der Waals surface area contributed by atoms with Gasteiger partial charge in [0.15, 0.2) is 0 Å². The Labute approximate surface area is 127 Å². The van der Waals surface area contributed by atoms with Crippen LogP contribution in [-0.2, 0) is 10.8 Å². The molecule has 0 saturated carbocycles. The van der Waals surface area contributed by atoms with Gasteiger partial charge in [-0.2, -0.15) is 4.98 Å². The summed E-state index contributed by atoms with van der Waals surface area (Å²) in [5.41, 5.74) is 0. The summed E-state index contributed by atoms with van der Waals surface area (Å²) >= 11 is 0. The minimum absolute atomic E-state index is 0.231. The summed E-state index contributed by atoms with van der Waals surface area (Å²) in [4.78, 5) is 8.28. The van der Waals surface area contributed by atoms with Crippen molar-refractivity contribution < 1.29 is 13.3 Å². The van der Waals surface area contributed by atoms with Gasteiger partial charge in [0.2, 0.25) is 17.0 Å². The van der Waals surface area contributed by atoms with Gasteiger partial charge in [-0.25, -0.2) is 13.9 Å². The first kappa shape index (κ1) is 14.3. The smallest absolute Gasteiger partial charge is 0.240 e. The number of nitrogens with zero attached hydrogens (tertiary/aromatic N) is 5. The molecule has 0 aliphatic heterocycles. The van der Waals surface area contributed by atoms with E-state index in [1.54, 1.807) is 6.07 Å². The molecule has 0 bridgehead atoms. The predicted molar refractivity (Wildman–Crippen MR) is 75.8 cm³/mol. The zero-order chi connectivity index (χ0) is 15.5. The molecule has 2 heterocycles. The van der Waals surface area contributed by atoms with Crippen molar-refractivity contribution in [1.82, 2.24) is 24.7 Å². The first-order valence-corrected chi connectivity index (χ1v) is 7.69. The van der Waals surface area contributed by atoms with Crippen LogP contribution in [0.15, 0.2) is 48.0 Å². The summed E-state index contributed by atoms with van der Waals surface area (Å²) in [7, 11) is -1.33. The molecule has 1 aromatic carbocycles. The van der Waals surface area contributed by atoms with Crippen LogP contribution < -0.4 is 4.74 Å². The van der Waals surface area contributed by atoms with Crippen LogP contribution in [0.2, 0.25) is 0 Å². The highest BCUT2D eigenvalue weighted by molar-refractivity contribution is 7.84. The number of aromatic nitrogens is 5. The first-order valence-electron chi connectivity index (χ1n) is 6.14.